The Kier molecular flexibility index (Phi) is 5.46. The van der Waals surface area contributed by atoms with Crippen LogP contribution in [0, 0.1) is 5.82 Å². The van der Waals surface area contributed by atoms with Gasteiger partial charge in [0, 0.05) is 6.54 Å². The van der Waals surface area contributed by atoms with Crippen LogP contribution < -0.4 is 20.3 Å². The van der Waals surface area contributed by atoms with Crippen molar-refractivity contribution in [3.8, 4) is 11.5 Å². The first-order valence-corrected chi connectivity index (χ1v) is 9.59. The van der Waals surface area contributed by atoms with Crippen molar-refractivity contribution in [2.75, 3.05) is 19.8 Å². The number of nitrogens with one attached hydrogen (secondary N) is 2. The average molecular weight is 396 g/mol. The fourth-order valence-corrected chi connectivity index (χ4v) is 3.34. The summed E-state index contributed by atoms with van der Waals surface area (Å²) in [5, 5.41) is 3.38. The number of benzene rings is 2. The highest BCUT2D eigenvalue weighted by atomic mass is 19.1. The molecule has 1 amide bonds. The normalized spacial score (nSPS) is 12.7. The number of rotatable bonds is 6. The summed E-state index contributed by atoms with van der Waals surface area (Å²) in [4.78, 5) is 27.0. The first-order valence-electron chi connectivity index (χ1n) is 9.59. The van der Waals surface area contributed by atoms with Gasteiger partial charge in [0.25, 0.3) is 11.5 Å². The van der Waals surface area contributed by atoms with Crippen LogP contribution in [0.15, 0.2) is 47.3 Å². The van der Waals surface area contributed by atoms with E-state index in [1.807, 2.05) is 18.2 Å². The smallest absolute Gasteiger partial charge is 0.261 e. The molecule has 29 heavy (non-hydrogen) atoms. The van der Waals surface area contributed by atoms with Gasteiger partial charge in [0.15, 0.2) is 11.5 Å². The molecule has 150 valence electrons. The topological polar surface area (TPSA) is 80.4 Å². The summed E-state index contributed by atoms with van der Waals surface area (Å²) in [5.74, 6) is 0.674. The van der Waals surface area contributed by atoms with Crippen LogP contribution in [0.1, 0.15) is 28.8 Å². The number of H-pyrrole nitrogens is 1. The van der Waals surface area contributed by atoms with E-state index in [0.717, 1.165) is 36.3 Å². The molecular weight excluding hydrogens is 375 g/mol. The maximum absolute atomic E-state index is 13.3. The predicted molar refractivity (Wildman–Crippen MR) is 107 cm³/mol. The van der Waals surface area contributed by atoms with Crippen molar-refractivity contribution in [1.29, 1.82) is 0 Å². The minimum absolute atomic E-state index is 0.0240. The summed E-state index contributed by atoms with van der Waals surface area (Å²) in [6.45, 7) is 1.60. The molecule has 6 nitrogen and oxygen atoms in total. The Balaban J connectivity index is 1.29. The van der Waals surface area contributed by atoms with Gasteiger partial charge in [0.2, 0.25) is 0 Å². The van der Waals surface area contributed by atoms with E-state index in [9.17, 15) is 14.0 Å². The number of unbranched alkanes of at least 4 members (excludes halogenated alkanes) is 1. The van der Waals surface area contributed by atoms with E-state index in [-0.39, 0.29) is 5.56 Å². The van der Waals surface area contributed by atoms with E-state index in [1.54, 1.807) is 0 Å². The Morgan fingerprint density at radius 3 is 2.72 bits per heavy atom. The van der Waals surface area contributed by atoms with Crippen molar-refractivity contribution in [3.63, 3.8) is 0 Å². The zero-order chi connectivity index (χ0) is 20.2. The molecule has 0 unspecified atom stereocenters. The fraction of sp³-hybridized carbons (Fsp3) is 0.273. The number of halogens is 1. The lowest BCUT2D eigenvalue weighted by Crippen LogP contribution is -2.30. The van der Waals surface area contributed by atoms with E-state index in [1.165, 1.54) is 24.3 Å². The number of carbonyl (C=O) groups is 1. The molecule has 0 saturated carbocycles. The van der Waals surface area contributed by atoms with Crippen LogP contribution in [0.2, 0.25) is 0 Å². The Morgan fingerprint density at radius 1 is 1.03 bits per heavy atom. The monoisotopic (exact) mass is 396 g/mol. The molecule has 4 rings (SSSR count). The summed E-state index contributed by atoms with van der Waals surface area (Å²) in [6.07, 6.45) is 2.51. The van der Waals surface area contributed by atoms with Crippen LogP contribution >= 0.6 is 0 Å². The molecule has 0 saturated heterocycles. The molecule has 2 aromatic carbocycles. The summed E-state index contributed by atoms with van der Waals surface area (Å²) in [6, 6.07) is 11.5. The molecule has 1 aliphatic heterocycles. The third-order valence-corrected chi connectivity index (χ3v) is 4.84. The van der Waals surface area contributed by atoms with Crippen LogP contribution in [-0.2, 0) is 6.42 Å². The Labute approximate surface area is 166 Å². The molecule has 0 atom stereocenters. The first-order chi connectivity index (χ1) is 14.1. The zero-order valence-electron chi connectivity index (χ0n) is 15.8. The molecule has 0 spiro atoms. The Bertz CT molecular complexity index is 1110. The molecule has 1 aromatic heterocycles. The summed E-state index contributed by atoms with van der Waals surface area (Å²) in [7, 11) is 0. The van der Waals surface area contributed by atoms with Gasteiger partial charge < -0.3 is 19.8 Å². The highest BCUT2D eigenvalue weighted by Crippen LogP contribution is 2.31. The number of hydrogen-bond donors (Lipinski definition) is 2. The van der Waals surface area contributed by atoms with E-state index >= 15 is 0 Å². The van der Waals surface area contributed by atoms with Gasteiger partial charge in [-0.3, -0.25) is 9.59 Å². The van der Waals surface area contributed by atoms with Crippen LogP contribution in [0.3, 0.4) is 0 Å². The number of amides is 1. The number of fused-ring (bicyclic) bond motifs is 2. The Morgan fingerprint density at radius 2 is 1.86 bits per heavy atom. The van der Waals surface area contributed by atoms with Gasteiger partial charge in [0.1, 0.15) is 24.6 Å². The average Bonchev–Trinajstić information content (AvgIpc) is 2.72. The van der Waals surface area contributed by atoms with E-state index in [0.29, 0.717) is 30.7 Å². The van der Waals surface area contributed by atoms with Crippen molar-refractivity contribution >= 4 is 16.8 Å². The molecular formula is C22H21FN2O4. The minimum Gasteiger partial charge on any atom is -0.486 e. The molecule has 0 fully saturated rings. The lowest BCUT2D eigenvalue weighted by atomic mass is 10.1. The van der Waals surface area contributed by atoms with Crippen LogP contribution in [-0.4, -0.2) is 30.6 Å². The number of aryl methyl sites for hydroxylation is 1. The second kappa shape index (κ2) is 8.34. The maximum atomic E-state index is 13.3. The summed E-state index contributed by atoms with van der Waals surface area (Å²) in [5.41, 5.74) is 1.01. The van der Waals surface area contributed by atoms with Crippen molar-refractivity contribution < 1.29 is 18.7 Å². The third kappa shape index (κ3) is 4.39. The largest absolute Gasteiger partial charge is 0.486 e. The maximum Gasteiger partial charge on any atom is 0.261 e. The second-order valence-corrected chi connectivity index (χ2v) is 6.93. The number of aromatic amines is 1. The van der Waals surface area contributed by atoms with Crippen molar-refractivity contribution in [2.45, 2.75) is 19.3 Å². The fourth-order valence-electron chi connectivity index (χ4n) is 3.34. The standard InChI is InChI=1S/C22H21FN2O4/c23-16-6-5-15-12-17(22(27)25-18(15)13-16)21(26)24-8-2-1-3-14-4-7-19-20(11-14)29-10-9-28-19/h4-7,11-13H,1-3,8-10H2,(H,24,26)(H,25,27). The molecule has 0 radical (unpaired) electrons. The minimum atomic E-state index is -0.531. The second-order valence-electron chi connectivity index (χ2n) is 6.93. The van der Waals surface area contributed by atoms with E-state index in [4.69, 9.17) is 9.47 Å². The number of carbonyl (C=O) groups excluding carboxylic acids is 1. The highest BCUT2D eigenvalue weighted by molar-refractivity contribution is 5.97. The van der Waals surface area contributed by atoms with Gasteiger partial charge in [0.05, 0.1) is 5.52 Å². The van der Waals surface area contributed by atoms with Gasteiger partial charge in [-0.25, -0.2) is 4.39 Å². The first kappa shape index (κ1) is 19.0. The molecule has 0 aliphatic carbocycles. The lowest BCUT2D eigenvalue weighted by Gasteiger charge is -2.18. The highest BCUT2D eigenvalue weighted by Gasteiger charge is 2.13. The predicted octanol–water partition coefficient (Wildman–Crippen LogP) is 3.19. The third-order valence-electron chi connectivity index (χ3n) is 4.84. The molecule has 3 aromatic rings. The van der Waals surface area contributed by atoms with Gasteiger partial charge in [-0.05, 0) is 66.6 Å². The molecule has 2 N–H and O–H groups in total. The van der Waals surface area contributed by atoms with E-state index < -0.39 is 17.3 Å². The van der Waals surface area contributed by atoms with Crippen LogP contribution in [0.5, 0.6) is 11.5 Å². The van der Waals surface area contributed by atoms with Crippen molar-refractivity contribution in [3.05, 3.63) is 69.8 Å². The van der Waals surface area contributed by atoms with Crippen molar-refractivity contribution in [1.82, 2.24) is 10.3 Å². The summed E-state index contributed by atoms with van der Waals surface area (Å²) < 4.78 is 24.4. The number of ether oxygens (including phenoxy) is 2. The number of pyridine rings is 1. The molecule has 1 aliphatic rings. The summed E-state index contributed by atoms with van der Waals surface area (Å²) >= 11 is 0. The van der Waals surface area contributed by atoms with Crippen molar-refractivity contribution in [2.24, 2.45) is 0 Å². The quantitative estimate of drug-likeness (QED) is 0.627. The van der Waals surface area contributed by atoms with Crippen LogP contribution in [0.25, 0.3) is 10.9 Å². The van der Waals surface area contributed by atoms with Gasteiger partial charge in [-0.2, -0.15) is 0 Å². The number of hydrogen-bond acceptors (Lipinski definition) is 4. The van der Waals surface area contributed by atoms with Gasteiger partial charge in [-0.15, -0.1) is 0 Å². The Hall–Kier alpha value is -3.35. The van der Waals surface area contributed by atoms with Gasteiger partial charge >= 0.3 is 0 Å². The number of aromatic nitrogens is 1. The van der Waals surface area contributed by atoms with E-state index in [2.05, 4.69) is 10.3 Å². The molecule has 0 bridgehead atoms. The van der Waals surface area contributed by atoms with Gasteiger partial charge in [-0.1, -0.05) is 6.07 Å². The zero-order valence-corrected chi connectivity index (χ0v) is 15.8. The SMILES string of the molecule is O=C(NCCCCc1ccc2c(c1)OCCO2)c1cc2ccc(F)cc2[nH]c1=O. The lowest BCUT2D eigenvalue weighted by molar-refractivity contribution is 0.0951. The molecule has 2 heterocycles. The molecule has 7 heteroatoms. The van der Waals surface area contributed by atoms with Crippen LogP contribution in [0.4, 0.5) is 4.39 Å².